The van der Waals surface area contributed by atoms with Gasteiger partial charge in [-0.25, -0.2) is 18.7 Å². The molecule has 0 unspecified atom stereocenters. The van der Waals surface area contributed by atoms with E-state index >= 15 is 8.78 Å². The largest absolute Gasteiger partial charge is 0.496 e. The predicted octanol–water partition coefficient (Wildman–Crippen LogP) is 3.06. The zero-order valence-electron chi connectivity index (χ0n) is 25.6. The van der Waals surface area contributed by atoms with E-state index in [9.17, 15) is 9.90 Å². The minimum Gasteiger partial charge on any atom is -0.496 e. The molecule has 0 bridgehead atoms. The fourth-order valence-electron chi connectivity index (χ4n) is 5.35. The number of nitrogens with two attached hydrogens (primary N) is 1. The lowest BCUT2D eigenvalue weighted by Crippen LogP contribution is -2.34. The van der Waals surface area contributed by atoms with Crippen LogP contribution in [0.2, 0.25) is 0 Å². The summed E-state index contributed by atoms with van der Waals surface area (Å²) in [4.78, 5) is 23.9. The molecular formula is C29H32F2N6O4. The quantitative estimate of drug-likeness (QED) is 0.277. The van der Waals surface area contributed by atoms with Gasteiger partial charge in [-0.2, -0.15) is 5.10 Å². The van der Waals surface area contributed by atoms with Crippen molar-refractivity contribution < 1.29 is 32.3 Å². The van der Waals surface area contributed by atoms with Crippen molar-refractivity contribution in [3.8, 4) is 17.1 Å². The number of aliphatic hydroxyl groups excluding tert-OH is 1. The summed E-state index contributed by atoms with van der Waals surface area (Å²) in [5, 5.41) is 14.9. The Morgan fingerprint density at radius 2 is 2.15 bits per heavy atom. The zero-order chi connectivity index (χ0) is 31.8. The van der Waals surface area contributed by atoms with Gasteiger partial charge in [-0.05, 0) is 42.7 Å². The lowest BCUT2D eigenvalue weighted by Gasteiger charge is -2.28. The van der Waals surface area contributed by atoms with Crippen LogP contribution in [0.4, 0.5) is 14.5 Å². The smallest absolute Gasteiger partial charge is 0.185 e. The molecule has 0 saturated carbocycles. The van der Waals surface area contributed by atoms with Crippen LogP contribution in [0.1, 0.15) is 32.1 Å². The Hall–Kier alpha value is -4.00. The van der Waals surface area contributed by atoms with Crippen molar-refractivity contribution in [3.05, 3.63) is 65.1 Å². The average Bonchev–Trinajstić information content (AvgIpc) is 3.57. The Labute approximate surface area is 239 Å². The Morgan fingerprint density at radius 1 is 1.32 bits per heavy atom. The van der Waals surface area contributed by atoms with Crippen LogP contribution in [0.25, 0.3) is 22.3 Å². The Morgan fingerprint density at radius 3 is 2.90 bits per heavy atom. The van der Waals surface area contributed by atoms with Crippen LogP contribution < -0.4 is 15.4 Å². The van der Waals surface area contributed by atoms with E-state index in [1.165, 1.54) is 55.4 Å². The molecule has 0 radical (unpaired) electrons. The highest BCUT2D eigenvalue weighted by Gasteiger charge is 2.34. The third-order valence-corrected chi connectivity index (χ3v) is 7.30. The maximum Gasteiger partial charge on any atom is 0.185 e. The molecule has 1 fully saturated rings. The van der Waals surface area contributed by atoms with Crippen LogP contribution in [0.15, 0.2) is 36.7 Å². The van der Waals surface area contributed by atoms with Gasteiger partial charge >= 0.3 is 0 Å². The van der Waals surface area contributed by atoms with Crippen molar-refractivity contribution in [2.24, 2.45) is 5.73 Å². The van der Waals surface area contributed by atoms with E-state index in [-0.39, 0.29) is 59.0 Å². The van der Waals surface area contributed by atoms with Gasteiger partial charge in [0.25, 0.3) is 0 Å². The predicted molar refractivity (Wildman–Crippen MR) is 149 cm³/mol. The second-order valence-electron chi connectivity index (χ2n) is 10.0. The Kier molecular flexibility index (Phi) is 7.16. The average molecular weight is 570 g/mol. The fourth-order valence-corrected chi connectivity index (χ4v) is 5.35. The summed E-state index contributed by atoms with van der Waals surface area (Å²) in [5.74, 6) is -2.48. The molecule has 2 aromatic heterocycles. The number of methoxy groups -OCH3 is 2. The molecular weight excluding hydrogens is 534 g/mol. The van der Waals surface area contributed by atoms with Gasteiger partial charge in [0.2, 0.25) is 0 Å². The monoisotopic (exact) mass is 569 g/mol. The summed E-state index contributed by atoms with van der Waals surface area (Å²) in [7, 11) is -1.34. The van der Waals surface area contributed by atoms with E-state index in [4.69, 9.17) is 19.3 Å². The summed E-state index contributed by atoms with van der Waals surface area (Å²) in [6.45, 7) is 2.25. The van der Waals surface area contributed by atoms with Gasteiger partial charge in [0.1, 0.15) is 28.6 Å². The first-order valence-corrected chi connectivity index (χ1v) is 13.1. The first-order valence-electron chi connectivity index (χ1n) is 14.6. The summed E-state index contributed by atoms with van der Waals surface area (Å²) >= 11 is 0. The summed E-state index contributed by atoms with van der Waals surface area (Å²) in [6, 6.07) is 4.66. The van der Waals surface area contributed by atoms with Gasteiger partial charge in [-0.1, -0.05) is 6.07 Å². The molecule has 5 rings (SSSR count). The number of Topliss-reactive ketones (excluding diaryl/α,β-unsaturated/α-hetero) is 1. The number of fused-ring (bicyclic) bond motifs is 1. The van der Waals surface area contributed by atoms with Crippen LogP contribution in [0.3, 0.4) is 0 Å². The molecule has 4 aromatic rings. The normalized spacial score (nSPS) is 18.4. The number of anilines is 1. The number of carbonyl (C=O) groups excluding carboxylic acids is 1. The third kappa shape index (κ3) is 5.37. The lowest BCUT2D eigenvalue weighted by molar-refractivity contribution is 0.0988. The summed E-state index contributed by atoms with van der Waals surface area (Å²) < 4.78 is 64.9. The van der Waals surface area contributed by atoms with Gasteiger partial charge in [0, 0.05) is 37.7 Å². The van der Waals surface area contributed by atoms with Crippen molar-refractivity contribution in [3.63, 3.8) is 0 Å². The Balaban J connectivity index is 1.57. The highest BCUT2D eigenvalue weighted by Crippen LogP contribution is 2.38. The fraction of sp³-hybridized carbons (Fsp3) is 0.379. The molecule has 12 heteroatoms. The molecule has 2 atom stereocenters. The van der Waals surface area contributed by atoms with E-state index in [0.29, 0.717) is 42.8 Å². The molecule has 0 spiro atoms. The summed E-state index contributed by atoms with van der Waals surface area (Å²) in [6.07, 6.45) is 2.97. The van der Waals surface area contributed by atoms with E-state index in [1.807, 2.05) is 4.90 Å². The van der Waals surface area contributed by atoms with Crippen LogP contribution in [-0.2, 0) is 17.7 Å². The molecule has 41 heavy (non-hydrogen) atoms. The molecule has 216 valence electrons. The Bertz CT molecular complexity index is 1700. The number of aromatic nitrogens is 4. The summed E-state index contributed by atoms with van der Waals surface area (Å²) in [5.41, 5.74) is 7.11. The standard InChI is InChI=1S/C29H32F2N6O4/c1-16-4-5-24(41-3)25(26(16)31)29-33-7-6-22(35-29)23(39)11-17-10-21(30)28-20(13-34-37(28)8-9-40-2)27(17)36-14-18(32)12-19(36)15-38/h4-7,10,13,18-19,38H,8-9,11-12,14-15,32H2,1-3H3/t18-,19-/m0/s1/i3D3. The maximum absolute atomic E-state index is 15.7. The number of hydrogen-bond donors (Lipinski definition) is 2. The number of nitrogens with zero attached hydrogens (tertiary/aromatic N) is 5. The number of aliphatic hydroxyl groups is 1. The van der Waals surface area contributed by atoms with Gasteiger partial charge < -0.3 is 25.2 Å². The number of benzene rings is 2. The molecule has 1 aliphatic rings. The number of ketones is 1. The van der Waals surface area contributed by atoms with E-state index in [1.54, 1.807) is 0 Å². The number of carbonyl (C=O) groups is 1. The number of ether oxygens (including phenoxy) is 2. The van der Waals surface area contributed by atoms with Crippen LogP contribution in [-0.4, -0.2) is 76.6 Å². The minimum absolute atomic E-state index is 0.102. The first-order chi connectivity index (χ1) is 20.9. The third-order valence-electron chi connectivity index (χ3n) is 7.30. The molecule has 2 aromatic carbocycles. The van der Waals surface area contributed by atoms with Gasteiger partial charge in [-0.15, -0.1) is 0 Å². The van der Waals surface area contributed by atoms with Crippen LogP contribution in [0, 0.1) is 18.6 Å². The molecule has 1 aliphatic heterocycles. The molecule has 0 aliphatic carbocycles. The SMILES string of the molecule is [2H]C([2H])([2H])Oc1ccc(C)c(F)c1-c1nccc(C(=O)Cc2cc(F)c3c(cnn3CCOC)c2N2C[C@@H](N)C[C@H]2CO)n1. The van der Waals surface area contributed by atoms with Crippen molar-refractivity contribution in [1.29, 1.82) is 0 Å². The van der Waals surface area contributed by atoms with Crippen molar-refractivity contribution >= 4 is 22.4 Å². The topological polar surface area (TPSA) is 129 Å². The molecule has 3 heterocycles. The number of aryl methyl sites for hydroxylation is 1. The first kappa shape index (κ1) is 24.8. The van der Waals surface area contributed by atoms with E-state index in [2.05, 4.69) is 15.1 Å². The van der Waals surface area contributed by atoms with E-state index < -0.39 is 24.5 Å². The van der Waals surface area contributed by atoms with Gasteiger partial charge in [-0.3, -0.25) is 9.48 Å². The lowest BCUT2D eigenvalue weighted by atomic mass is 10.00. The number of rotatable bonds is 10. The molecule has 1 saturated heterocycles. The second-order valence-corrected chi connectivity index (χ2v) is 10.0. The molecule has 0 amide bonds. The van der Waals surface area contributed by atoms with Crippen molar-refractivity contribution in [2.75, 3.05) is 38.8 Å². The zero-order valence-corrected chi connectivity index (χ0v) is 22.6. The minimum atomic E-state index is -2.87. The maximum atomic E-state index is 15.7. The van der Waals surface area contributed by atoms with Crippen LogP contribution >= 0.6 is 0 Å². The highest BCUT2D eigenvalue weighted by atomic mass is 19.1. The number of hydrogen-bond acceptors (Lipinski definition) is 9. The van der Waals surface area contributed by atoms with Crippen molar-refractivity contribution in [1.82, 2.24) is 19.7 Å². The van der Waals surface area contributed by atoms with E-state index in [0.717, 1.165) is 0 Å². The van der Waals surface area contributed by atoms with Crippen molar-refractivity contribution in [2.45, 2.75) is 38.4 Å². The van der Waals surface area contributed by atoms with Gasteiger partial charge in [0.05, 0.1) is 54.4 Å². The highest BCUT2D eigenvalue weighted by molar-refractivity contribution is 6.01. The molecule has 10 nitrogen and oxygen atoms in total. The van der Waals surface area contributed by atoms with Gasteiger partial charge in [0.15, 0.2) is 11.6 Å². The number of halogens is 2. The second kappa shape index (κ2) is 11.9. The van der Waals surface area contributed by atoms with Crippen LogP contribution in [0.5, 0.6) is 5.75 Å². The molecule has 3 N–H and O–H groups in total.